The summed E-state index contributed by atoms with van der Waals surface area (Å²) in [4.78, 5) is 12.4. The summed E-state index contributed by atoms with van der Waals surface area (Å²) in [6, 6.07) is 13.4. The van der Waals surface area contributed by atoms with Crippen LogP contribution in [0.2, 0.25) is 0 Å². The van der Waals surface area contributed by atoms with Crippen LogP contribution in [0.25, 0.3) is 0 Å². The van der Waals surface area contributed by atoms with Crippen molar-refractivity contribution >= 4 is 23.2 Å². The summed E-state index contributed by atoms with van der Waals surface area (Å²) < 4.78 is 0. The molecule has 0 spiro atoms. The lowest BCUT2D eigenvalue weighted by Crippen LogP contribution is -2.23. The van der Waals surface area contributed by atoms with Crippen LogP contribution in [0, 0.1) is 23.7 Å². The average Bonchev–Trinajstić information content (AvgIpc) is 2.76. The second kappa shape index (κ2) is 14.4. The van der Waals surface area contributed by atoms with Gasteiger partial charge in [-0.05, 0) is 78.5 Å². The molecule has 0 aliphatic carbocycles. The summed E-state index contributed by atoms with van der Waals surface area (Å²) in [7, 11) is 4.06. The van der Waals surface area contributed by atoms with Crippen molar-refractivity contribution in [3.05, 3.63) is 58.7 Å². The Hall–Kier alpha value is -2.62. The van der Waals surface area contributed by atoms with E-state index in [1.807, 2.05) is 25.9 Å². The molecular weight excluding hydrogens is 452 g/mol. The van der Waals surface area contributed by atoms with E-state index < -0.39 is 0 Å². The molecule has 0 saturated heterocycles. The third-order valence-electron chi connectivity index (χ3n) is 6.32. The molecule has 0 atom stereocenters. The normalized spacial score (nSPS) is 12.8. The minimum absolute atomic E-state index is 0.552. The highest BCUT2D eigenvalue weighted by molar-refractivity contribution is 6.04. The van der Waals surface area contributed by atoms with Gasteiger partial charge in [0.05, 0.1) is 5.69 Å². The number of anilines is 1. The van der Waals surface area contributed by atoms with Crippen molar-refractivity contribution in [1.29, 1.82) is 0 Å². The molecule has 2 aromatic carbocycles. The maximum atomic E-state index is 5.31. The molecule has 4 heteroatoms. The highest BCUT2D eigenvalue weighted by Gasteiger charge is 2.16. The summed E-state index contributed by atoms with van der Waals surface area (Å²) in [6.45, 7) is 20.3. The molecular formula is C33H52N4. The summed E-state index contributed by atoms with van der Waals surface area (Å²) in [5.74, 6) is 3.81. The Morgan fingerprint density at radius 1 is 0.676 bits per heavy atom. The Bertz CT molecular complexity index is 1000. The Morgan fingerprint density at radius 2 is 1.05 bits per heavy atom. The van der Waals surface area contributed by atoms with Crippen LogP contribution in [0.15, 0.2) is 46.4 Å². The van der Waals surface area contributed by atoms with E-state index in [0.717, 1.165) is 37.2 Å². The molecule has 0 unspecified atom stereocenters. The number of guanidine groups is 1. The van der Waals surface area contributed by atoms with Gasteiger partial charge >= 0.3 is 0 Å². The fourth-order valence-corrected chi connectivity index (χ4v) is 4.58. The number of hydrogen-bond acceptors (Lipinski definition) is 1. The molecule has 2 aromatic rings. The first-order chi connectivity index (χ1) is 17.4. The maximum absolute atomic E-state index is 5.31. The molecule has 2 rings (SSSR count). The van der Waals surface area contributed by atoms with Crippen molar-refractivity contribution in [1.82, 2.24) is 4.90 Å². The number of hydrogen-bond donors (Lipinski definition) is 1. The SMILES string of the molecule is C/C(=N\C(=N/c1c(CC(C)C)cccc1CC(C)C)Nc1c(CC(C)C)cccc1CC(C)C)N(C)C. The lowest BCUT2D eigenvalue weighted by Gasteiger charge is -2.21. The van der Waals surface area contributed by atoms with Crippen LogP contribution in [-0.4, -0.2) is 30.8 Å². The average molecular weight is 505 g/mol. The van der Waals surface area contributed by atoms with Crippen molar-refractivity contribution in [2.75, 3.05) is 19.4 Å². The zero-order valence-corrected chi connectivity index (χ0v) is 25.4. The van der Waals surface area contributed by atoms with E-state index in [4.69, 9.17) is 9.98 Å². The number of aliphatic imine (C=N–C) groups is 2. The summed E-state index contributed by atoms with van der Waals surface area (Å²) in [6.07, 6.45) is 4.02. The Morgan fingerprint density at radius 3 is 1.43 bits per heavy atom. The first-order valence-corrected chi connectivity index (χ1v) is 14.2. The van der Waals surface area contributed by atoms with Crippen LogP contribution in [-0.2, 0) is 25.7 Å². The molecule has 0 aromatic heterocycles. The molecule has 4 nitrogen and oxygen atoms in total. The Kier molecular flexibility index (Phi) is 11.9. The van der Waals surface area contributed by atoms with E-state index in [1.54, 1.807) is 0 Å². The molecule has 0 saturated carbocycles. The molecule has 1 N–H and O–H groups in total. The lowest BCUT2D eigenvalue weighted by atomic mass is 9.94. The van der Waals surface area contributed by atoms with Gasteiger partial charge in [0.15, 0.2) is 0 Å². The van der Waals surface area contributed by atoms with Gasteiger partial charge in [-0.25, -0.2) is 9.98 Å². The number of nitrogens with one attached hydrogen (secondary N) is 1. The van der Waals surface area contributed by atoms with Crippen LogP contribution in [0.3, 0.4) is 0 Å². The summed E-state index contributed by atoms with van der Waals surface area (Å²) in [5, 5.41) is 3.76. The summed E-state index contributed by atoms with van der Waals surface area (Å²) >= 11 is 0. The standard InChI is InChI=1S/C33H52N4/c1-22(2)18-27-14-12-15-28(19-23(3)4)31(27)35-33(34-26(9)37(10)11)36-32-29(20-24(5)6)16-13-17-30(32)21-25(7)8/h12-17,22-25H,18-21H2,1-11H3,(H,35,36)/b34-26+. The molecule has 0 aliphatic rings. The predicted octanol–water partition coefficient (Wildman–Crippen LogP) is 8.56. The van der Waals surface area contributed by atoms with Crippen LogP contribution >= 0.6 is 0 Å². The maximum Gasteiger partial charge on any atom is 0.229 e. The zero-order chi connectivity index (χ0) is 27.7. The van der Waals surface area contributed by atoms with E-state index in [2.05, 4.69) is 97.1 Å². The van der Waals surface area contributed by atoms with E-state index >= 15 is 0 Å². The van der Waals surface area contributed by atoms with Gasteiger partial charge in [-0.15, -0.1) is 0 Å². The van der Waals surface area contributed by atoms with Crippen LogP contribution in [0.1, 0.15) is 84.6 Å². The molecule has 0 bridgehead atoms. The van der Waals surface area contributed by atoms with Gasteiger partial charge in [-0.1, -0.05) is 91.8 Å². The van der Waals surface area contributed by atoms with Crippen LogP contribution in [0.4, 0.5) is 11.4 Å². The van der Waals surface area contributed by atoms with E-state index in [-0.39, 0.29) is 0 Å². The van der Waals surface area contributed by atoms with Crippen molar-refractivity contribution < 1.29 is 0 Å². The molecule has 0 heterocycles. The predicted molar refractivity (Wildman–Crippen MR) is 165 cm³/mol. The van der Waals surface area contributed by atoms with Crippen molar-refractivity contribution in [3.8, 4) is 0 Å². The second-order valence-corrected chi connectivity index (χ2v) is 12.4. The monoisotopic (exact) mass is 504 g/mol. The third-order valence-corrected chi connectivity index (χ3v) is 6.32. The fourth-order valence-electron chi connectivity index (χ4n) is 4.58. The molecule has 0 radical (unpaired) electrons. The van der Waals surface area contributed by atoms with Gasteiger partial charge in [0.1, 0.15) is 5.84 Å². The van der Waals surface area contributed by atoms with E-state index in [1.165, 1.54) is 27.9 Å². The van der Waals surface area contributed by atoms with Gasteiger partial charge in [0.2, 0.25) is 5.96 Å². The highest BCUT2D eigenvalue weighted by Crippen LogP contribution is 2.31. The molecule has 0 amide bonds. The molecule has 204 valence electrons. The van der Waals surface area contributed by atoms with Crippen molar-refractivity contribution in [3.63, 3.8) is 0 Å². The van der Waals surface area contributed by atoms with E-state index in [0.29, 0.717) is 29.6 Å². The number of rotatable bonds is 10. The number of nitrogens with zero attached hydrogens (tertiary/aromatic N) is 3. The van der Waals surface area contributed by atoms with Crippen molar-refractivity contribution in [2.24, 2.45) is 33.7 Å². The third kappa shape index (κ3) is 9.98. The summed E-state index contributed by atoms with van der Waals surface area (Å²) in [5.41, 5.74) is 7.50. The topological polar surface area (TPSA) is 40.0 Å². The van der Waals surface area contributed by atoms with Gasteiger partial charge < -0.3 is 10.2 Å². The van der Waals surface area contributed by atoms with Gasteiger partial charge in [-0.3, -0.25) is 0 Å². The minimum Gasteiger partial charge on any atom is -0.366 e. The van der Waals surface area contributed by atoms with Crippen LogP contribution < -0.4 is 5.32 Å². The first-order valence-electron chi connectivity index (χ1n) is 14.2. The first kappa shape index (κ1) is 30.6. The molecule has 37 heavy (non-hydrogen) atoms. The fraction of sp³-hybridized carbons (Fsp3) is 0.576. The largest absolute Gasteiger partial charge is 0.366 e. The minimum atomic E-state index is 0.552. The molecule has 0 aliphatic heterocycles. The highest BCUT2D eigenvalue weighted by atomic mass is 15.2. The van der Waals surface area contributed by atoms with Gasteiger partial charge in [-0.2, -0.15) is 0 Å². The zero-order valence-electron chi connectivity index (χ0n) is 25.4. The van der Waals surface area contributed by atoms with Crippen molar-refractivity contribution in [2.45, 2.75) is 88.0 Å². The van der Waals surface area contributed by atoms with E-state index in [9.17, 15) is 0 Å². The number of para-hydroxylation sites is 2. The van der Waals surface area contributed by atoms with Gasteiger partial charge in [0.25, 0.3) is 0 Å². The Labute approximate surface area is 227 Å². The van der Waals surface area contributed by atoms with Crippen LogP contribution in [0.5, 0.6) is 0 Å². The number of amidine groups is 1. The smallest absolute Gasteiger partial charge is 0.229 e. The van der Waals surface area contributed by atoms with Gasteiger partial charge in [0, 0.05) is 19.8 Å². The lowest BCUT2D eigenvalue weighted by molar-refractivity contribution is 0.619. The number of benzene rings is 2. The second-order valence-electron chi connectivity index (χ2n) is 12.4. The molecule has 0 fully saturated rings. The quantitative estimate of drug-likeness (QED) is 0.260. The Balaban J connectivity index is 2.77.